The molecule has 0 aromatic heterocycles. The quantitative estimate of drug-likeness (QED) is 0.411. The predicted octanol–water partition coefficient (Wildman–Crippen LogP) is 9.04. The molecule has 2 rings (SSSR count). The van der Waals surface area contributed by atoms with Crippen LogP contribution in [0.25, 0.3) is 5.57 Å². The van der Waals surface area contributed by atoms with E-state index in [9.17, 15) is 0 Å². The minimum absolute atomic E-state index is 0.425. The average Bonchev–Trinajstić information content (AvgIpc) is 2.67. The summed E-state index contributed by atoms with van der Waals surface area (Å²) in [6, 6.07) is 13.6. The Bertz CT molecular complexity index is 810. The highest BCUT2D eigenvalue weighted by atomic mass is 15.1. The molecule has 2 aromatic rings. The maximum absolute atomic E-state index is 4.58. The summed E-state index contributed by atoms with van der Waals surface area (Å²) in [4.78, 5) is 0. The van der Waals surface area contributed by atoms with Gasteiger partial charge in [0.25, 0.3) is 0 Å². The Hall–Kier alpha value is -2.22. The zero-order valence-electron chi connectivity index (χ0n) is 20.7. The molecular weight excluding hydrogens is 364 g/mol. The number of benzene rings is 2. The Morgan fingerprint density at radius 2 is 0.900 bits per heavy atom. The number of rotatable bonds is 7. The molecule has 2 heteroatoms. The molecule has 0 saturated heterocycles. The van der Waals surface area contributed by atoms with E-state index in [1.165, 1.54) is 39.0 Å². The van der Waals surface area contributed by atoms with Gasteiger partial charge in [0, 0.05) is 12.6 Å². The molecule has 0 heterocycles. The molecule has 0 bridgehead atoms. The number of hydrogen-bond donors (Lipinski definition) is 0. The van der Waals surface area contributed by atoms with E-state index >= 15 is 0 Å². The second kappa shape index (κ2) is 10.2. The van der Waals surface area contributed by atoms with Crippen molar-refractivity contribution in [1.29, 1.82) is 0 Å². The zero-order valence-corrected chi connectivity index (χ0v) is 20.7. The molecule has 0 atom stereocenters. The average molecular weight is 405 g/mol. The van der Waals surface area contributed by atoms with Gasteiger partial charge in [-0.2, -0.15) is 10.2 Å². The topological polar surface area (TPSA) is 24.7 Å². The van der Waals surface area contributed by atoms with Gasteiger partial charge in [0.1, 0.15) is 0 Å². The van der Waals surface area contributed by atoms with Crippen molar-refractivity contribution in [3.63, 3.8) is 0 Å². The van der Waals surface area contributed by atoms with Crippen molar-refractivity contribution in [2.24, 2.45) is 10.2 Å². The lowest BCUT2D eigenvalue weighted by Gasteiger charge is -2.27. The van der Waals surface area contributed by atoms with Gasteiger partial charge in [-0.25, -0.2) is 0 Å². The normalized spacial score (nSPS) is 12.1. The highest BCUT2D eigenvalue weighted by molar-refractivity contribution is 5.88. The minimum atomic E-state index is 0.425. The summed E-state index contributed by atoms with van der Waals surface area (Å²) in [5, 5.41) is 8.76. The SMILES string of the molecule is CN=NC(C)=C(c1c(C(C)C)cccc1C(C)C)c1c(C(C)C)cccc1C(C)C. The minimum Gasteiger partial charge on any atom is -0.192 e. The summed E-state index contributed by atoms with van der Waals surface area (Å²) < 4.78 is 0. The van der Waals surface area contributed by atoms with Crippen molar-refractivity contribution in [3.05, 3.63) is 75.5 Å². The molecule has 0 aliphatic carbocycles. The summed E-state index contributed by atoms with van der Waals surface area (Å²) in [6.07, 6.45) is 0. The van der Waals surface area contributed by atoms with E-state index in [0.29, 0.717) is 23.7 Å². The number of nitrogens with zero attached hydrogens (tertiary/aromatic N) is 2. The molecular formula is C28H40N2. The molecule has 0 amide bonds. The molecule has 30 heavy (non-hydrogen) atoms. The Kier molecular flexibility index (Phi) is 8.18. The van der Waals surface area contributed by atoms with Crippen molar-refractivity contribution >= 4 is 5.57 Å². The van der Waals surface area contributed by atoms with Crippen LogP contribution in [0.5, 0.6) is 0 Å². The van der Waals surface area contributed by atoms with Crippen molar-refractivity contribution in [3.8, 4) is 0 Å². The standard InChI is InChI=1S/C28H40N2/c1-17(2)22-13-11-14-23(18(3)4)27(22)26(21(9)30-29-10)28-24(19(5)6)15-12-16-25(28)20(7)8/h11-20H,1-10H3. The monoisotopic (exact) mass is 404 g/mol. The van der Waals surface area contributed by atoms with Crippen LogP contribution in [0.4, 0.5) is 0 Å². The van der Waals surface area contributed by atoms with Gasteiger partial charge in [-0.05, 0) is 64.0 Å². The van der Waals surface area contributed by atoms with Crippen molar-refractivity contribution in [2.75, 3.05) is 7.05 Å². The van der Waals surface area contributed by atoms with E-state index in [2.05, 4.69) is 109 Å². The van der Waals surface area contributed by atoms with Crippen LogP contribution in [0.3, 0.4) is 0 Å². The number of allylic oxidation sites excluding steroid dienone is 1. The summed E-state index contributed by atoms with van der Waals surface area (Å²) in [7, 11) is 1.76. The first kappa shape index (κ1) is 24.1. The smallest absolute Gasteiger partial charge is 0.0679 e. The molecule has 0 unspecified atom stereocenters. The summed E-state index contributed by atoms with van der Waals surface area (Å²) >= 11 is 0. The highest BCUT2D eigenvalue weighted by Gasteiger charge is 2.25. The summed E-state index contributed by atoms with van der Waals surface area (Å²) in [5.74, 6) is 1.70. The lowest BCUT2D eigenvalue weighted by molar-refractivity contribution is 0.815. The molecule has 2 nitrogen and oxygen atoms in total. The van der Waals surface area contributed by atoms with Crippen LogP contribution in [0, 0.1) is 0 Å². The fourth-order valence-corrected chi connectivity index (χ4v) is 4.37. The van der Waals surface area contributed by atoms with Gasteiger partial charge < -0.3 is 0 Å². The first-order chi connectivity index (χ1) is 14.1. The molecule has 0 fully saturated rings. The van der Waals surface area contributed by atoms with Gasteiger partial charge in [0.2, 0.25) is 0 Å². The van der Waals surface area contributed by atoms with Crippen LogP contribution in [0.2, 0.25) is 0 Å². The van der Waals surface area contributed by atoms with E-state index in [-0.39, 0.29) is 0 Å². The van der Waals surface area contributed by atoms with E-state index < -0.39 is 0 Å². The molecule has 0 N–H and O–H groups in total. The molecule has 0 saturated carbocycles. The molecule has 162 valence electrons. The second-order valence-corrected chi connectivity index (χ2v) is 9.50. The lowest BCUT2D eigenvalue weighted by atomic mass is 9.77. The molecule has 2 aromatic carbocycles. The summed E-state index contributed by atoms with van der Waals surface area (Å²) in [5.41, 5.74) is 10.5. The molecule has 0 aliphatic heterocycles. The largest absolute Gasteiger partial charge is 0.192 e. The third-order valence-corrected chi connectivity index (χ3v) is 5.86. The highest BCUT2D eigenvalue weighted by Crippen LogP contribution is 2.43. The lowest BCUT2D eigenvalue weighted by Crippen LogP contribution is -2.10. The van der Waals surface area contributed by atoms with Crippen molar-refractivity contribution in [1.82, 2.24) is 0 Å². The second-order valence-electron chi connectivity index (χ2n) is 9.50. The van der Waals surface area contributed by atoms with Crippen molar-refractivity contribution < 1.29 is 0 Å². The number of hydrogen-bond acceptors (Lipinski definition) is 2. The zero-order chi connectivity index (χ0) is 22.6. The molecule has 0 aliphatic rings. The van der Waals surface area contributed by atoms with Gasteiger partial charge in [-0.15, -0.1) is 0 Å². The molecule has 0 radical (unpaired) electrons. The third-order valence-electron chi connectivity index (χ3n) is 5.86. The van der Waals surface area contributed by atoms with Gasteiger partial charge in [-0.3, -0.25) is 0 Å². The first-order valence-corrected chi connectivity index (χ1v) is 11.4. The van der Waals surface area contributed by atoms with E-state index in [4.69, 9.17) is 0 Å². The van der Waals surface area contributed by atoms with Gasteiger partial charge in [0.15, 0.2) is 0 Å². The van der Waals surface area contributed by atoms with Crippen LogP contribution in [0.15, 0.2) is 52.3 Å². The fraction of sp³-hybridized carbons (Fsp3) is 0.500. The van der Waals surface area contributed by atoms with Crippen molar-refractivity contribution in [2.45, 2.75) is 86.0 Å². The van der Waals surface area contributed by atoms with Crippen LogP contribution in [-0.4, -0.2) is 7.05 Å². The maximum atomic E-state index is 4.58. The van der Waals surface area contributed by atoms with Crippen LogP contribution in [-0.2, 0) is 0 Å². The Labute approximate surface area is 184 Å². The van der Waals surface area contributed by atoms with Gasteiger partial charge in [-0.1, -0.05) is 91.8 Å². The maximum Gasteiger partial charge on any atom is 0.0679 e. The number of azo groups is 1. The van der Waals surface area contributed by atoms with Crippen LogP contribution in [0.1, 0.15) is 119 Å². The summed E-state index contributed by atoms with van der Waals surface area (Å²) in [6.45, 7) is 20.4. The van der Waals surface area contributed by atoms with Gasteiger partial charge in [0.05, 0.1) is 5.70 Å². The Balaban J connectivity index is 3.13. The van der Waals surface area contributed by atoms with Crippen LogP contribution >= 0.6 is 0 Å². The van der Waals surface area contributed by atoms with E-state index in [1.54, 1.807) is 7.05 Å². The van der Waals surface area contributed by atoms with Crippen LogP contribution < -0.4 is 0 Å². The first-order valence-electron chi connectivity index (χ1n) is 11.4. The van der Waals surface area contributed by atoms with E-state index in [0.717, 1.165) is 5.70 Å². The third kappa shape index (κ3) is 4.91. The predicted molar refractivity (Wildman–Crippen MR) is 132 cm³/mol. The Morgan fingerprint density at radius 3 is 1.13 bits per heavy atom. The van der Waals surface area contributed by atoms with E-state index in [1.807, 2.05) is 0 Å². The molecule has 0 spiro atoms. The Morgan fingerprint density at radius 1 is 0.600 bits per heavy atom. The van der Waals surface area contributed by atoms with Gasteiger partial charge >= 0.3 is 0 Å². The fourth-order valence-electron chi connectivity index (χ4n) is 4.37.